The summed E-state index contributed by atoms with van der Waals surface area (Å²) in [5, 5.41) is 8.77. The summed E-state index contributed by atoms with van der Waals surface area (Å²) in [6, 6.07) is 0. The normalized spacial score (nSPS) is 19.2. The van der Waals surface area contributed by atoms with E-state index >= 15 is 0 Å². The number of carboxylic acid groups (broad SMARTS) is 1. The van der Waals surface area contributed by atoms with Gasteiger partial charge in [-0.2, -0.15) is 0 Å². The molecule has 1 rings (SSSR count). The molecule has 1 aliphatic heterocycles. The predicted molar refractivity (Wildman–Crippen MR) is 57.2 cm³/mol. The topological polar surface area (TPSA) is 65.0 Å². The van der Waals surface area contributed by atoms with Crippen molar-refractivity contribution in [3.63, 3.8) is 0 Å². The fourth-order valence-electron chi connectivity index (χ4n) is 1.51. The molecule has 0 unspecified atom stereocenters. The van der Waals surface area contributed by atoms with E-state index in [1.807, 2.05) is 0 Å². The van der Waals surface area contributed by atoms with Crippen LogP contribution in [-0.2, 0) is 19.0 Å². The highest BCUT2D eigenvalue weighted by atomic mass is 16.8. The van der Waals surface area contributed by atoms with Crippen LogP contribution < -0.4 is 0 Å². The lowest BCUT2D eigenvalue weighted by Gasteiger charge is -2.25. The van der Waals surface area contributed by atoms with Crippen molar-refractivity contribution >= 4 is 5.97 Å². The highest BCUT2D eigenvalue weighted by Gasteiger charge is 2.39. The van der Waals surface area contributed by atoms with Gasteiger partial charge in [0, 0.05) is 6.61 Å². The third-order valence-electron chi connectivity index (χ3n) is 2.40. The number of carbonyl (C=O) groups is 1. The lowest BCUT2D eigenvalue weighted by atomic mass is 10.1. The van der Waals surface area contributed by atoms with Crippen molar-refractivity contribution in [1.29, 1.82) is 0 Å². The van der Waals surface area contributed by atoms with Crippen molar-refractivity contribution in [1.82, 2.24) is 0 Å². The van der Waals surface area contributed by atoms with Gasteiger partial charge in [0.1, 0.15) is 13.0 Å². The van der Waals surface area contributed by atoms with E-state index in [9.17, 15) is 4.79 Å². The number of ether oxygens (including phenoxy) is 3. The van der Waals surface area contributed by atoms with Crippen molar-refractivity contribution in [3.05, 3.63) is 0 Å². The molecule has 94 valence electrons. The van der Waals surface area contributed by atoms with Crippen molar-refractivity contribution < 1.29 is 24.1 Å². The van der Waals surface area contributed by atoms with E-state index < -0.39 is 11.8 Å². The van der Waals surface area contributed by atoms with E-state index in [4.69, 9.17) is 19.3 Å². The maximum absolute atomic E-state index is 10.7. The smallest absolute Gasteiger partial charge is 0.308 e. The molecule has 0 atom stereocenters. The Morgan fingerprint density at radius 1 is 1.44 bits per heavy atom. The Hall–Kier alpha value is -0.650. The van der Waals surface area contributed by atoms with Crippen LogP contribution >= 0.6 is 0 Å². The zero-order chi connectivity index (χ0) is 12.0. The van der Waals surface area contributed by atoms with Crippen LogP contribution in [-0.4, -0.2) is 43.3 Å². The van der Waals surface area contributed by atoms with Crippen molar-refractivity contribution in [3.8, 4) is 0 Å². The highest BCUT2D eigenvalue weighted by molar-refractivity contribution is 5.67. The molecule has 0 saturated carbocycles. The van der Waals surface area contributed by atoms with E-state index in [0.29, 0.717) is 25.7 Å². The summed E-state index contributed by atoms with van der Waals surface area (Å²) in [4.78, 5) is 10.7. The molecule has 1 fully saturated rings. The first-order valence-corrected chi connectivity index (χ1v) is 5.61. The molecule has 1 saturated heterocycles. The zero-order valence-electron chi connectivity index (χ0n) is 9.90. The van der Waals surface area contributed by atoms with E-state index in [1.54, 1.807) is 0 Å². The first-order valence-electron chi connectivity index (χ1n) is 5.61. The van der Waals surface area contributed by atoms with Gasteiger partial charge >= 0.3 is 5.97 Å². The van der Waals surface area contributed by atoms with E-state index in [1.165, 1.54) is 0 Å². The van der Waals surface area contributed by atoms with Gasteiger partial charge in [-0.25, -0.2) is 0 Å². The standard InChI is InChI=1S/C11H20O5/c1-9(2)3-4-14-8-11(7-10(12)13)15-5-6-16-11/h9H,3-8H2,1-2H3,(H,12,13). The Morgan fingerprint density at radius 2 is 2.06 bits per heavy atom. The Morgan fingerprint density at radius 3 is 2.56 bits per heavy atom. The lowest BCUT2D eigenvalue weighted by molar-refractivity contribution is -0.204. The van der Waals surface area contributed by atoms with Crippen LogP contribution in [0.15, 0.2) is 0 Å². The third kappa shape index (κ3) is 4.47. The second kappa shape index (κ2) is 6.18. The minimum atomic E-state index is -1.07. The molecule has 0 aromatic heterocycles. The molecule has 5 heteroatoms. The molecule has 0 bridgehead atoms. The first-order chi connectivity index (χ1) is 7.54. The molecular weight excluding hydrogens is 212 g/mol. The number of hydrogen-bond acceptors (Lipinski definition) is 4. The molecule has 0 aromatic carbocycles. The predicted octanol–water partition coefficient (Wildman–Crippen LogP) is 1.27. The van der Waals surface area contributed by atoms with E-state index in [2.05, 4.69) is 13.8 Å². The van der Waals surface area contributed by atoms with Crippen LogP contribution in [0, 0.1) is 5.92 Å². The van der Waals surface area contributed by atoms with E-state index in [-0.39, 0.29) is 13.0 Å². The maximum Gasteiger partial charge on any atom is 0.308 e. The van der Waals surface area contributed by atoms with E-state index in [0.717, 1.165) is 6.42 Å². The quantitative estimate of drug-likeness (QED) is 0.669. The Kier molecular flexibility index (Phi) is 5.18. The van der Waals surface area contributed by atoms with Gasteiger partial charge in [-0.05, 0) is 12.3 Å². The van der Waals surface area contributed by atoms with Crippen LogP contribution in [0.4, 0.5) is 0 Å². The molecule has 5 nitrogen and oxygen atoms in total. The van der Waals surface area contributed by atoms with Gasteiger partial charge in [0.2, 0.25) is 5.79 Å². The third-order valence-corrected chi connectivity index (χ3v) is 2.40. The van der Waals surface area contributed by atoms with Gasteiger partial charge in [0.05, 0.1) is 13.2 Å². The molecule has 0 aromatic rings. The molecule has 16 heavy (non-hydrogen) atoms. The lowest BCUT2D eigenvalue weighted by Crippen LogP contribution is -2.38. The minimum Gasteiger partial charge on any atom is -0.481 e. The molecule has 0 spiro atoms. The van der Waals surface area contributed by atoms with Crippen LogP contribution in [0.25, 0.3) is 0 Å². The second-order valence-electron chi connectivity index (χ2n) is 4.41. The highest BCUT2D eigenvalue weighted by Crippen LogP contribution is 2.24. The molecule has 0 aliphatic carbocycles. The summed E-state index contributed by atoms with van der Waals surface area (Å²) >= 11 is 0. The molecule has 1 heterocycles. The summed E-state index contributed by atoms with van der Waals surface area (Å²) in [6.45, 7) is 5.87. The summed E-state index contributed by atoms with van der Waals surface area (Å²) in [5.74, 6) is -1.43. The monoisotopic (exact) mass is 232 g/mol. The van der Waals surface area contributed by atoms with Crippen molar-refractivity contribution in [2.45, 2.75) is 32.5 Å². The largest absolute Gasteiger partial charge is 0.481 e. The average Bonchev–Trinajstić information content (AvgIpc) is 2.60. The summed E-state index contributed by atoms with van der Waals surface area (Å²) in [5.41, 5.74) is 0. The molecule has 0 amide bonds. The first kappa shape index (κ1) is 13.4. The summed E-state index contributed by atoms with van der Waals surface area (Å²) in [6.07, 6.45) is 0.776. The number of carboxylic acids is 1. The number of rotatable bonds is 7. The van der Waals surface area contributed by atoms with Crippen LogP contribution in [0.3, 0.4) is 0 Å². The minimum absolute atomic E-state index is 0.172. The summed E-state index contributed by atoms with van der Waals surface area (Å²) in [7, 11) is 0. The van der Waals surface area contributed by atoms with Crippen LogP contribution in [0.2, 0.25) is 0 Å². The van der Waals surface area contributed by atoms with Gasteiger partial charge in [-0.1, -0.05) is 13.8 Å². The zero-order valence-corrected chi connectivity index (χ0v) is 9.90. The van der Waals surface area contributed by atoms with Crippen molar-refractivity contribution in [2.24, 2.45) is 5.92 Å². The van der Waals surface area contributed by atoms with Gasteiger partial charge in [0.25, 0.3) is 0 Å². The van der Waals surface area contributed by atoms with Gasteiger partial charge in [0.15, 0.2) is 0 Å². The number of aliphatic carboxylic acids is 1. The fourth-order valence-corrected chi connectivity index (χ4v) is 1.51. The van der Waals surface area contributed by atoms with Crippen LogP contribution in [0.5, 0.6) is 0 Å². The Bertz CT molecular complexity index is 220. The number of hydrogen-bond donors (Lipinski definition) is 1. The fraction of sp³-hybridized carbons (Fsp3) is 0.909. The summed E-state index contributed by atoms with van der Waals surface area (Å²) < 4.78 is 16.1. The second-order valence-corrected chi connectivity index (χ2v) is 4.41. The van der Waals surface area contributed by atoms with Gasteiger partial charge in [-0.15, -0.1) is 0 Å². The van der Waals surface area contributed by atoms with Crippen molar-refractivity contribution in [2.75, 3.05) is 26.4 Å². The molecule has 1 N–H and O–H groups in total. The maximum atomic E-state index is 10.7. The van der Waals surface area contributed by atoms with Gasteiger partial charge in [-0.3, -0.25) is 4.79 Å². The molecule has 0 radical (unpaired) electrons. The Balaban J connectivity index is 2.31. The SMILES string of the molecule is CC(C)CCOCC1(CC(=O)O)OCCO1. The molecule has 1 aliphatic rings. The molecular formula is C11H20O5. The van der Waals surface area contributed by atoms with Crippen LogP contribution in [0.1, 0.15) is 26.7 Å². The average molecular weight is 232 g/mol. The van der Waals surface area contributed by atoms with Gasteiger partial charge < -0.3 is 19.3 Å². The Labute approximate surface area is 95.7 Å².